The Hall–Kier alpha value is -1.73. The van der Waals surface area contributed by atoms with Crippen LogP contribution in [0.1, 0.15) is 0 Å². The zero-order valence-corrected chi connectivity index (χ0v) is 10.1. The summed E-state index contributed by atoms with van der Waals surface area (Å²) in [6, 6.07) is 26.3. The average molecular weight is 235 g/mol. The van der Waals surface area contributed by atoms with E-state index < -0.39 is 0 Å². The lowest BCUT2D eigenvalue weighted by Gasteiger charge is -2.03. The number of benzene rings is 3. The normalized spacial score (nSPS) is 10.6. The smallest absolute Gasteiger partial charge is 0.0201 e. The van der Waals surface area contributed by atoms with Crippen molar-refractivity contribution >= 4 is 22.5 Å². The van der Waals surface area contributed by atoms with E-state index in [4.69, 9.17) is 0 Å². The van der Waals surface area contributed by atoms with Gasteiger partial charge in [0.15, 0.2) is 0 Å². The lowest BCUT2D eigenvalue weighted by molar-refractivity contribution is 1.41. The molecule has 0 atom stereocenters. The van der Waals surface area contributed by atoms with Crippen molar-refractivity contribution in [1.82, 2.24) is 0 Å². The van der Waals surface area contributed by atoms with Crippen LogP contribution in [-0.2, 0) is 0 Å². The molecule has 1 radical (unpaired) electrons. The molecule has 0 aromatic heterocycles. The van der Waals surface area contributed by atoms with Gasteiger partial charge < -0.3 is 0 Å². The quantitative estimate of drug-likeness (QED) is 0.615. The number of hydrogen-bond acceptors (Lipinski definition) is 1. The lowest BCUT2D eigenvalue weighted by Crippen LogP contribution is -1.75. The van der Waals surface area contributed by atoms with Gasteiger partial charge in [-0.05, 0) is 35.0 Å². The van der Waals surface area contributed by atoms with E-state index in [9.17, 15) is 0 Å². The Labute approximate surface area is 105 Å². The molecule has 0 nitrogen and oxygen atoms in total. The van der Waals surface area contributed by atoms with E-state index in [1.807, 2.05) is 18.2 Å². The van der Waals surface area contributed by atoms with E-state index in [0.29, 0.717) is 0 Å². The molecule has 0 heterocycles. The Morgan fingerprint density at radius 1 is 0.765 bits per heavy atom. The molecule has 0 fully saturated rings. The maximum atomic E-state index is 3.23. The monoisotopic (exact) mass is 235 g/mol. The molecule has 0 aliphatic carbocycles. The minimum absolute atomic E-state index is 1.16. The third kappa shape index (κ3) is 2.34. The van der Waals surface area contributed by atoms with Gasteiger partial charge in [0.2, 0.25) is 0 Å². The highest BCUT2D eigenvalue weighted by atomic mass is 32.2. The van der Waals surface area contributed by atoms with Crippen LogP contribution in [0.25, 0.3) is 10.8 Å². The van der Waals surface area contributed by atoms with Crippen LogP contribution in [0.4, 0.5) is 0 Å². The minimum Gasteiger partial charge on any atom is -0.0894 e. The fourth-order valence-corrected chi connectivity index (χ4v) is 2.65. The summed E-state index contributed by atoms with van der Waals surface area (Å²) in [4.78, 5) is 2.41. The van der Waals surface area contributed by atoms with Gasteiger partial charge in [-0.25, -0.2) is 0 Å². The molecule has 0 bridgehead atoms. The molecule has 3 aromatic carbocycles. The van der Waals surface area contributed by atoms with Crippen molar-refractivity contribution in [2.75, 3.05) is 0 Å². The van der Waals surface area contributed by atoms with Crippen LogP contribution >= 0.6 is 11.8 Å². The van der Waals surface area contributed by atoms with Crippen LogP contribution in [0.2, 0.25) is 0 Å². The summed E-state index contributed by atoms with van der Waals surface area (Å²) in [5.41, 5.74) is 0. The van der Waals surface area contributed by atoms with Gasteiger partial charge in [0, 0.05) is 9.79 Å². The summed E-state index contributed by atoms with van der Waals surface area (Å²) in [6.45, 7) is 0. The van der Waals surface area contributed by atoms with Crippen molar-refractivity contribution in [3.05, 3.63) is 72.8 Å². The second-order valence-corrected chi connectivity index (χ2v) is 4.95. The second-order valence-electron chi connectivity index (χ2n) is 3.84. The van der Waals surface area contributed by atoms with Gasteiger partial charge in [-0.1, -0.05) is 60.3 Å². The van der Waals surface area contributed by atoms with Gasteiger partial charge in [0.05, 0.1) is 0 Å². The van der Waals surface area contributed by atoms with Crippen molar-refractivity contribution in [2.24, 2.45) is 0 Å². The minimum atomic E-state index is 1.16. The fourth-order valence-electron chi connectivity index (χ4n) is 1.80. The third-order valence-electron chi connectivity index (χ3n) is 2.63. The molecule has 17 heavy (non-hydrogen) atoms. The highest BCUT2D eigenvalue weighted by Crippen LogP contribution is 2.29. The van der Waals surface area contributed by atoms with E-state index in [-0.39, 0.29) is 0 Å². The van der Waals surface area contributed by atoms with Crippen LogP contribution in [0.5, 0.6) is 0 Å². The number of fused-ring (bicyclic) bond motifs is 1. The van der Waals surface area contributed by atoms with Gasteiger partial charge in [-0.3, -0.25) is 0 Å². The highest BCUT2D eigenvalue weighted by Gasteiger charge is 1.98. The van der Waals surface area contributed by atoms with Crippen molar-refractivity contribution in [3.8, 4) is 0 Å². The SMILES string of the molecule is [c]1ccccc1Sc1ccc2ccccc2c1. The molecule has 0 aliphatic rings. The molecule has 1 heteroatoms. The highest BCUT2D eigenvalue weighted by molar-refractivity contribution is 7.99. The van der Waals surface area contributed by atoms with Gasteiger partial charge in [-0.15, -0.1) is 0 Å². The predicted molar refractivity (Wildman–Crippen MR) is 73.3 cm³/mol. The van der Waals surface area contributed by atoms with Crippen molar-refractivity contribution in [1.29, 1.82) is 0 Å². The predicted octanol–water partition coefficient (Wildman–Crippen LogP) is 4.79. The van der Waals surface area contributed by atoms with Crippen molar-refractivity contribution in [2.45, 2.75) is 9.79 Å². The first-order valence-corrected chi connectivity index (χ1v) is 6.37. The zero-order chi connectivity index (χ0) is 11.5. The van der Waals surface area contributed by atoms with E-state index in [2.05, 4.69) is 54.6 Å². The molecule has 3 rings (SSSR count). The van der Waals surface area contributed by atoms with E-state index in [1.165, 1.54) is 15.7 Å². The molecule has 0 N–H and O–H groups in total. The third-order valence-corrected chi connectivity index (χ3v) is 3.59. The summed E-state index contributed by atoms with van der Waals surface area (Å²) in [5.74, 6) is 0. The Kier molecular flexibility index (Phi) is 2.85. The molecular formula is C16H11S. The zero-order valence-electron chi connectivity index (χ0n) is 9.26. The molecule has 0 spiro atoms. The largest absolute Gasteiger partial charge is 0.0894 e. The topological polar surface area (TPSA) is 0 Å². The van der Waals surface area contributed by atoms with Gasteiger partial charge >= 0.3 is 0 Å². The van der Waals surface area contributed by atoms with Gasteiger partial charge in [-0.2, -0.15) is 0 Å². The number of hydrogen-bond donors (Lipinski definition) is 0. The summed E-state index contributed by atoms with van der Waals surface area (Å²) < 4.78 is 0. The van der Waals surface area contributed by atoms with Gasteiger partial charge in [0.1, 0.15) is 0 Å². The Morgan fingerprint density at radius 3 is 2.41 bits per heavy atom. The molecular weight excluding hydrogens is 224 g/mol. The molecule has 0 saturated heterocycles. The fraction of sp³-hybridized carbons (Fsp3) is 0. The van der Waals surface area contributed by atoms with Crippen LogP contribution in [0.15, 0.2) is 76.5 Å². The molecule has 81 valence electrons. The van der Waals surface area contributed by atoms with E-state index >= 15 is 0 Å². The summed E-state index contributed by atoms with van der Waals surface area (Å²) in [6.07, 6.45) is 0. The molecule has 0 saturated carbocycles. The summed E-state index contributed by atoms with van der Waals surface area (Å²) in [5, 5.41) is 2.57. The van der Waals surface area contributed by atoms with Crippen LogP contribution < -0.4 is 0 Å². The first-order valence-electron chi connectivity index (χ1n) is 5.55. The maximum Gasteiger partial charge on any atom is 0.0201 e. The van der Waals surface area contributed by atoms with Crippen LogP contribution in [0, 0.1) is 6.07 Å². The molecule has 3 aromatic rings. The average Bonchev–Trinajstić information content (AvgIpc) is 2.40. The number of rotatable bonds is 2. The lowest BCUT2D eigenvalue weighted by atomic mass is 10.1. The Balaban J connectivity index is 1.96. The van der Waals surface area contributed by atoms with Crippen molar-refractivity contribution in [3.63, 3.8) is 0 Å². The Bertz CT molecular complexity index is 629. The van der Waals surface area contributed by atoms with Crippen molar-refractivity contribution < 1.29 is 0 Å². The summed E-state index contributed by atoms with van der Waals surface area (Å²) in [7, 11) is 0. The van der Waals surface area contributed by atoms with Crippen LogP contribution in [0.3, 0.4) is 0 Å². The van der Waals surface area contributed by atoms with Crippen LogP contribution in [-0.4, -0.2) is 0 Å². The molecule has 0 amide bonds. The first kappa shape index (κ1) is 10.4. The molecule has 0 unspecified atom stereocenters. The maximum absolute atomic E-state index is 3.23. The standard InChI is InChI=1S/C16H11S/c1-2-8-15(9-3-1)17-16-11-10-13-6-4-5-7-14(13)12-16/h1-8,10-12H. The van der Waals surface area contributed by atoms with E-state index in [0.717, 1.165) is 4.90 Å². The van der Waals surface area contributed by atoms with Gasteiger partial charge in [0.25, 0.3) is 0 Å². The summed E-state index contributed by atoms with van der Waals surface area (Å²) >= 11 is 1.75. The molecule has 0 aliphatic heterocycles. The Morgan fingerprint density at radius 2 is 1.59 bits per heavy atom. The van der Waals surface area contributed by atoms with E-state index in [1.54, 1.807) is 11.8 Å². The first-order chi connectivity index (χ1) is 8.42. The second kappa shape index (κ2) is 4.64.